The fourth-order valence-electron chi connectivity index (χ4n) is 0.934. The molecule has 1 unspecified atom stereocenters. The Labute approximate surface area is 98.6 Å². The summed E-state index contributed by atoms with van der Waals surface area (Å²) >= 11 is 0. The first-order chi connectivity index (χ1) is 7.24. The zero-order valence-corrected chi connectivity index (χ0v) is 11.1. The molecule has 3 heteroatoms. The van der Waals surface area contributed by atoms with Crippen molar-refractivity contribution in [3.05, 3.63) is 23.8 Å². The first-order valence-electron chi connectivity index (χ1n) is 5.55. The van der Waals surface area contributed by atoms with Crippen molar-refractivity contribution in [1.29, 1.82) is 0 Å². The number of hydrogen-bond donors (Lipinski definition) is 1. The predicted molar refractivity (Wildman–Crippen MR) is 67.4 cm³/mol. The molecule has 0 aliphatic rings. The number of allylic oxidation sites excluding steroid dienone is 3. The van der Waals surface area contributed by atoms with Gasteiger partial charge in [-0.2, -0.15) is 0 Å². The standard InChI is InChI=1S/C13H23NO2/c1-7-10(2)8-9-11(3)14-12(15)16-13(4,5)6/h7-9,11H,1-6H3,(H,14,15)/b9-8-,10-7-. The van der Waals surface area contributed by atoms with Crippen LogP contribution >= 0.6 is 0 Å². The van der Waals surface area contributed by atoms with Crippen molar-refractivity contribution in [2.75, 3.05) is 0 Å². The van der Waals surface area contributed by atoms with Crippen LogP contribution in [0.15, 0.2) is 23.8 Å². The molecule has 1 amide bonds. The summed E-state index contributed by atoms with van der Waals surface area (Å²) in [5, 5.41) is 2.74. The largest absolute Gasteiger partial charge is 0.444 e. The molecule has 0 saturated carbocycles. The van der Waals surface area contributed by atoms with E-state index in [1.165, 1.54) is 0 Å². The highest BCUT2D eigenvalue weighted by molar-refractivity contribution is 5.68. The Balaban J connectivity index is 4.11. The van der Waals surface area contributed by atoms with Gasteiger partial charge in [0.1, 0.15) is 5.60 Å². The van der Waals surface area contributed by atoms with E-state index in [0.717, 1.165) is 5.57 Å². The van der Waals surface area contributed by atoms with Gasteiger partial charge in [-0.3, -0.25) is 0 Å². The lowest BCUT2D eigenvalue weighted by Gasteiger charge is -2.20. The smallest absolute Gasteiger partial charge is 0.408 e. The summed E-state index contributed by atoms with van der Waals surface area (Å²) in [6, 6.07) is -0.0373. The lowest BCUT2D eigenvalue weighted by atomic mass is 10.2. The summed E-state index contributed by atoms with van der Waals surface area (Å²) in [5.41, 5.74) is 0.713. The average molecular weight is 225 g/mol. The second-order valence-corrected chi connectivity index (χ2v) is 4.83. The van der Waals surface area contributed by atoms with Crippen LogP contribution in [-0.4, -0.2) is 17.7 Å². The number of hydrogen-bond acceptors (Lipinski definition) is 2. The van der Waals surface area contributed by atoms with Gasteiger partial charge in [-0.25, -0.2) is 4.79 Å². The summed E-state index contributed by atoms with van der Waals surface area (Å²) in [6.07, 6.45) is 5.53. The van der Waals surface area contributed by atoms with Gasteiger partial charge in [0, 0.05) is 6.04 Å². The van der Waals surface area contributed by atoms with E-state index in [2.05, 4.69) is 5.32 Å². The number of rotatable bonds is 3. The van der Waals surface area contributed by atoms with Crippen LogP contribution in [0.3, 0.4) is 0 Å². The molecular formula is C13H23NO2. The van der Waals surface area contributed by atoms with Gasteiger partial charge in [0.25, 0.3) is 0 Å². The quantitative estimate of drug-likeness (QED) is 0.747. The van der Waals surface area contributed by atoms with Crippen LogP contribution in [0.4, 0.5) is 4.79 Å². The Kier molecular flexibility index (Phi) is 5.86. The van der Waals surface area contributed by atoms with E-state index in [1.54, 1.807) is 0 Å². The first kappa shape index (κ1) is 14.8. The van der Waals surface area contributed by atoms with Crippen LogP contribution in [0.5, 0.6) is 0 Å². The van der Waals surface area contributed by atoms with Crippen LogP contribution in [-0.2, 0) is 4.74 Å². The Bertz CT molecular complexity index is 285. The van der Waals surface area contributed by atoms with E-state index in [1.807, 2.05) is 59.8 Å². The Morgan fingerprint density at radius 1 is 1.38 bits per heavy atom. The van der Waals surface area contributed by atoms with Crippen molar-refractivity contribution < 1.29 is 9.53 Å². The number of amides is 1. The monoisotopic (exact) mass is 225 g/mol. The van der Waals surface area contributed by atoms with E-state index in [9.17, 15) is 4.79 Å². The van der Waals surface area contributed by atoms with Crippen molar-refractivity contribution in [3.63, 3.8) is 0 Å². The highest BCUT2D eigenvalue weighted by atomic mass is 16.6. The fraction of sp³-hybridized carbons (Fsp3) is 0.615. The van der Waals surface area contributed by atoms with Crippen molar-refractivity contribution in [2.24, 2.45) is 0 Å². The molecular weight excluding hydrogens is 202 g/mol. The van der Waals surface area contributed by atoms with Gasteiger partial charge in [-0.1, -0.05) is 23.8 Å². The van der Waals surface area contributed by atoms with Gasteiger partial charge >= 0.3 is 6.09 Å². The molecule has 0 bridgehead atoms. The minimum Gasteiger partial charge on any atom is -0.444 e. The Hall–Kier alpha value is -1.25. The molecule has 1 atom stereocenters. The summed E-state index contributed by atoms with van der Waals surface area (Å²) in [5.74, 6) is 0. The summed E-state index contributed by atoms with van der Waals surface area (Å²) in [7, 11) is 0. The maximum Gasteiger partial charge on any atom is 0.408 e. The maximum absolute atomic E-state index is 11.4. The van der Waals surface area contributed by atoms with Gasteiger partial charge in [-0.15, -0.1) is 0 Å². The normalized spacial score (nSPS) is 15.0. The lowest BCUT2D eigenvalue weighted by Crippen LogP contribution is -2.36. The fourth-order valence-corrected chi connectivity index (χ4v) is 0.934. The molecule has 0 rings (SSSR count). The van der Waals surface area contributed by atoms with Crippen LogP contribution in [0.1, 0.15) is 41.5 Å². The van der Waals surface area contributed by atoms with Crippen molar-refractivity contribution >= 4 is 6.09 Å². The molecule has 0 spiro atoms. The molecule has 0 aliphatic heterocycles. The Morgan fingerprint density at radius 3 is 2.38 bits per heavy atom. The van der Waals surface area contributed by atoms with Gasteiger partial charge in [0.05, 0.1) is 0 Å². The molecule has 0 aromatic rings. The molecule has 1 N–H and O–H groups in total. The van der Waals surface area contributed by atoms with Crippen molar-refractivity contribution in [1.82, 2.24) is 5.32 Å². The maximum atomic E-state index is 11.4. The van der Waals surface area contributed by atoms with Crippen LogP contribution in [0.2, 0.25) is 0 Å². The van der Waals surface area contributed by atoms with Crippen molar-refractivity contribution in [3.8, 4) is 0 Å². The minimum atomic E-state index is -0.452. The lowest BCUT2D eigenvalue weighted by molar-refractivity contribution is 0.0518. The average Bonchev–Trinajstić information content (AvgIpc) is 2.10. The number of carbonyl (C=O) groups is 1. The van der Waals surface area contributed by atoms with E-state index >= 15 is 0 Å². The second-order valence-electron chi connectivity index (χ2n) is 4.83. The highest BCUT2D eigenvalue weighted by Crippen LogP contribution is 2.06. The van der Waals surface area contributed by atoms with E-state index in [-0.39, 0.29) is 12.1 Å². The van der Waals surface area contributed by atoms with Crippen molar-refractivity contribution in [2.45, 2.75) is 53.2 Å². The zero-order chi connectivity index (χ0) is 12.8. The van der Waals surface area contributed by atoms with Crippen LogP contribution in [0, 0.1) is 0 Å². The summed E-state index contributed by atoms with van der Waals surface area (Å²) in [4.78, 5) is 11.4. The number of nitrogens with one attached hydrogen (secondary N) is 1. The second kappa shape index (κ2) is 6.36. The molecule has 3 nitrogen and oxygen atoms in total. The third-order valence-corrected chi connectivity index (χ3v) is 1.85. The zero-order valence-electron chi connectivity index (χ0n) is 11.1. The van der Waals surface area contributed by atoms with E-state index < -0.39 is 5.60 Å². The summed E-state index contributed by atoms with van der Waals surface area (Å²) < 4.78 is 5.14. The number of alkyl carbamates (subject to hydrolysis) is 1. The molecule has 0 radical (unpaired) electrons. The van der Waals surface area contributed by atoms with E-state index in [0.29, 0.717) is 0 Å². The molecule has 0 fully saturated rings. The SMILES string of the molecule is C/C=C(C)\C=C/C(C)NC(=O)OC(C)(C)C. The van der Waals surface area contributed by atoms with Gasteiger partial charge < -0.3 is 10.1 Å². The molecule has 0 heterocycles. The third kappa shape index (κ3) is 8.09. The first-order valence-corrected chi connectivity index (χ1v) is 5.55. The number of ether oxygens (including phenoxy) is 1. The molecule has 0 aromatic heterocycles. The van der Waals surface area contributed by atoms with Gasteiger partial charge in [0.15, 0.2) is 0 Å². The highest BCUT2D eigenvalue weighted by Gasteiger charge is 2.16. The summed E-state index contributed by atoms with van der Waals surface area (Å²) in [6.45, 7) is 11.4. The topological polar surface area (TPSA) is 38.3 Å². The Morgan fingerprint density at radius 2 is 1.94 bits per heavy atom. The van der Waals surface area contributed by atoms with Gasteiger partial charge in [0.2, 0.25) is 0 Å². The number of carbonyl (C=O) groups excluding carboxylic acids is 1. The molecule has 16 heavy (non-hydrogen) atoms. The third-order valence-electron chi connectivity index (χ3n) is 1.85. The van der Waals surface area contributed by atoms with Crippen LogP contribution < -0.4 is 5.32 Å². The molecule has 0 aromatic carbocycles. The molecule has 0 saturated heterocycles. The predicted octanol–water partition coefficient (Wildman–Crippen LogP) is 3.42. The van der Waals surface area contributed by atoms with Crippen LogP contribution in [0.25, 0.3) is 0 Å². The van der Waals surface area contributed by atoms with E-state index in [4.69, 9.17) is 4.74 Å². The minimum absolute atomic E-state index is 0.0373. The molecule has 0 aliphatic carbocycles. The van der Waals surface area contributed by atoms with Gasteiger partial charge in [-0.05, 0) is 41.5 Å². The molecule has 92 valence electrons.